The average molecular weight is 431 g/mol. The van der Waals surface area contributed by atoms with Crippen LogP contribution in [0.3, 0.4) is 0 Å². The normalized spacial score (nSPS) is 15.6. The third-order valence-corrected chi connectivity index (χ3v) is 5.91. The van der Waals surface area contributed by atoms with E-state index in [-0.39, 0.29) is 6.04 Å². The Bertz CT molecular complexity index is 1370. The monoisotopic (exact) mass is 430 g/mol. The summed E-state index contributed by atoms with van der Waals surface area (Å²) in [6.45, 7) is 0. The lowest BCUT2D eigenvalue weighted by atomic mass is 9.98. The van der Waals surface area contributed by atoms with Gasteiger partial charge in [0.25, 0.3) is 0 Å². The Morgan fingerprint density at radius 3 is 2.06 bits per heavy atom. The summed E-state index contributed by atoms with van der Waals surface area (Å²) in [5.41, 5.74) is 6.16. The van der Waals surface area contributed by atoms with Crippen molar-refractivity contribution in [2.75, 3.05) is 5.01 Å². The van der Waals surface area contributed by atoms with Gasteiger partial charge in [0.1, 0.15) is 11.5 Å². The van der Waals surface area contributed by atoms with E-state index in [0.29, 0.717) is 0 Å². The van der Waals surface area contributed by atoms with Gasteiger partial charge in [0.05, 0.1) is 29.4 Å². The van der Waals surface area contributed by atoms with Crippen LogP contribution in [0, 0.1) is 0 Å². The molecule has 1 atom stereocenters. The van der Waals surface area contributed by atoms with Gasteiger partial charge >= 0.3 is 0 Å². The molecule has 0 aliphatic carbocycles. The van der Waals surface area contributed by atoms with Gasteiger partial charge < -0.3 is 4.42 Å². The molecule has 33 heavy (non-hydrogen) atoms. The molecule has 0 amide bonds. The lowest BCUT2D eigenvalue weighted by Crippen LogP contribution is -2.18. The molecular formula is C28H22N4O. The topological polar surface area (TPSA) is 46.6 Å². The predicted octanol–water partition coefficient (Wildman–Crippen LogP) is 6.49. The first-order valence-electron chi connectivity index (χ1n) is 11.0. The highest BCUT2D eigenvalue weighted by Gasteiger charge is 2.34. The molecule has 0 N–H and O–H groups in total. The molecule has 1 unspecified atom stereocenters. The van der Waals surface area contributed by atoms with Crippen molar-refractivity contribution in [3.05, 3.63) is 127 Å². The number of anilines is 1. The van der Waals surface area contributed by atoms with Gasteiger partial charge in [-0.1, -0.05) is 66.7 Å². The third kappa shape index (κ3) is 3.64. The number of para-hydroxylation sites is 2. The fourth-order valence-corrected chi connectivity index (χ4v) is 4.33. The van der Waals surface area contributed by atoms with Crippen molar-refractivity contribution in [3.8, 4) is 16.9 Å². The highest BCUT2D eigenvalue weighted by atomic mass is 16.3. The number of hydrazone groups is 1. The smallest absolute Gasteiger partial charge is 0.149 e. The van der Waals surface area contributed by atoms with Crippen LogP contribution < -0.4 is 5.01 Å². The zero-order valence-electron chi connectivity index (χ0n) is 18.0. The minimum absolute atomic E-state index is 0.0137. The Labute approximate surface area is 192 Å². The summed E-state index contributed by atoms with van der Waals surface area (Å²) in [7, 11) is 0. The third-order valence-electron chi connectivity index (χ3n) is 5.91. The first-order chi connectivity index (χ1) is 16.4. The van der Waals surface area contributed by atoms with Crippen molar-refractivity contribution >= 4 is 11.4 Å². The molecule has 0 spiro atoms. The second kappa shape index (κ2) is 8.28. The average Bonchev–Trinajstić information content (AvgIpc) is 3.65. The first kappa shape index (κ1) is 19.3. The van der Waals surface area contributed by atoms with Crippen LogP contribution in [0.5, 0.6) is 0 Å². The van der Waals surface area contributed by atoms with E-state index in [9.17, 15) is 0 Å². The Balaban J connectivity index is 1.50. The largest absolute Gasteiger partial charge is 0.463 e. The van der Waals surface area contributed by atoms with Crippen LogP contribution in [-0.4, -0.2) is 15.5 Å². The van der Waals surface area contributed by atoms with Crippen molar-refractivity contribution in [1.82, 2.24) is 9.78 Å². The molecule has 0 fully saturated rings. The molecule has 1 aliphatic rings. The maximum Gasteiger partial charge on any atom is 0.149 e. The van der Waals surface area contributed by atoms with Crippen molar-refractivity contribution in [2.24, 2.45) is 5.10 Å². The number of hydrogen-bond acceptors (Lipinski definition) is 4. The standard InChI is InChI=1S/C28H22N4O/c1-4-11-21(12-5-1)28-24(20-31(30-28)22-13-6-2-7-14-22)26-19-25(27-17-10-18-33-27)29-32(26)23-15-8-3-9-16-23/h1-18,20,26H,19H2. The zero-order valence-corrected chi connectivity index (χ0v) is 18.0. The maximum absolute atomic E-state index is 5.70. The lowest BCUT2D eigenvalue weighted by Gasteiger charge is -2.23. The number of hydrogen-bond donors (Lipinski definition) is 0. The van der Waals surface area contributed by atoms with E-state index in [1.54, 1.807) is 6.26 Å². The second-order valence-electron chi connectivity index (χ2n) is 8.00. The molecule has 1 aliphatic heterocycles. The first-order valence-corrected chi connectivity index (χ1v) is 11.0. The molecule has 2 aromatic heterocycles. The van der Waals surface area contributed by atoms with Crippen molar-refractivity contribution in [3.63, 3.8) is 0 Å². The van der Waals surface area contributed by atoms with Crippen molar-refractivity contribution < 1.29 is 4.42 Å². The second-order valence-corrected chi connectivity index (χ2v) is 8.00. The van der Waals surface area contributed by atoms with Gasteiger partial charge in [-0.2, -0.15) is 10.2 Å². The minimum Gasteiger partial charge on any atom is -0.463 e. The van der Waals surface area contributed by atoms with Crippen molar-refractivity contribution in [1.29, 1.82) is 0 Å². The van der Waals surface area contributed by atoms with Gasteiger partial charge in [0.15, 0.2) is 0 Å². The number of aromatic nitrogens is 2. The van der Waals surface area contributed by atoms with E-state index in [1.807, 2.05) is 59.3 Å². The molecule has 3 heterocycles. The Hall–Kier alpha value is -4.38. The Morgan fingerprint density at radius 1 is 0.727 bits per heavy atom. The van der Waals surface area contributed by atoms with E-state index in [1.165, 1.54) is 0 Å². The number of nitrogens with zero attached hydrogens (tertiary/aromatic N) is 4. The van der Waals surface area contributed by atoms with Gasteiger partial charge in [-0.3, -0.25) is 5.01 Å². The fraction of sp³-hybridized carbons (Fsp3) is 0.0714. The molecule has 5 aromatic rings. The van der Waals surface area contributed by atoms with Crippen LogP contribution in [0.1, 0.15) is 23.8 Å². The Morgan fingerprint density at radius 2 is 1.39 bits per heavy atom. The van der Waals surface area contributed by atoms with Gasteiger partial charge in [-0.15, -0.1) is 0 Å². The summed E-state index contributed by atoms with van der Waals surface area (Å²) in [6, 6.07) is 34.7. The van der Waals surface area contributed by atoms with E-state index in [2.05, 4.69) is 59.7 Å². The van der Waals surface area contributed by atoms with Gasteiger partial charge in [0, 0.05) is 23.7 Å². The lowest BCUT2D eigenvalue weighted by molar-refractivity contribution is 0.556. The highest BCUT2D eigenvalue weighted by molar-refractivity contribution is 6.01. The summed E-state index contributed by atoms with van der Waals surface area (Å²) in [4.78, 5) is 0. The van der Waals surface area contributed by atoms with Gasteiger partial charge in [0.2, 0.25) is 0 Å². The maximum atomic E-state index is 5.70. The SMILES string of the molecule is c1ccc(-c2nn(-c3ccccc3)cc2C2CC(c3ccco3)=NN2c2ccccc2)cc1. The number of benzene rings is 3. The van der Waals surface area contributed by atoms with Crippen LogP contribution in [-0.2, 0) is 0 Å². The van der Waals surface area contributed by atoms with Crippen LogP contribution >= 0.6 is 0 Å². The summed E-state index contributed by atoms with van der Waals surface area (Å²) < 4.78 is 7.66. The summed E-state index contributed by atoms with van der Waals surface area (Å²) in [5.74, 6) is 0.801. The van der Waals surface area contributed by atoms with Crippen LogP contribution in [0.4, 0.5) is 5.69 Å². The van der Waals surface area contributed by atoms with Crippen LogP contribution in [0.15, 0.2) is 125 Å². The molecule has 3 aromatic carbocycles. The highest BCUT2D eigenvalue weighted by Crippen LogP contribution is 2.40. The van der Waals surface area contributed by atoms with E-state index < -0.39 is 0 Å². The Kier molecular flexibility index (Phi) is 4.85. The molecule has 0 saturated heterocycles. The van der Waals surface area contributed by atoms with E-state index >= 15 is 0 Å². The van der Waals surface area contributed by atoms with E-state index in [4.69, 9.17) is 14.6 Å². The van der Waals surface area contributed by atoms with Crippen LogP contribution in [0.2, 0.25) is 0 Å². The quantitative estimate of drug-likeness (QED) is 0.320. The summed E-state index contributed by atoms with van der Waals surface area (Å²) >= 11 is 0. The molecule has 0 saturated carbocycles. The number of furan rings is 1. The molecule has 5 nitrogen and oxygen atoms in total. The fourth-order valence-electron chi connectivity index (χ4n) is 4.33. The van der Waals surface area contributed by atoms with Crippen LogP contribution in [0.25, 0.3) is 16.9 Å². The summed E-state index contributed by atoms with van der Waals surface area (Å²) in [5, 5.41) is 12.1. The predicted molar refractivity (Wildman–Crippen MR) is 131 cm³/mol. The summed E-state index contributed by atoms with van der Waals surface area (Å²) in [6.07, 6.45) is 4.56. The molecule has 0 radical (unpaired) electrons. The molecular weight excluding hydrogens is 408 g/mol. The van der Waals surface area contributed by atoms with Crippen molar-refractivity contribution in [2.45, 2.75) is 12.5 Å². The molecule has 0 bridgehead atoms. The zero-order chi connectivity index (χ0) is 22.0. The van der Waals surface area contributed by atoms with Gasteiger partial charge in [-0.25, -0.2) is 4.68 Å². The minimum atomic E-state index is -0.0137. The van der Waals surface area contributed by atoms with E-state index in [0.717, 1.165) is 46.1 Å². The molecule has 6 rings (SSSR count). The number of rotatable bonds is 5. The molecule has 5 heteroatoms. The molecule has 160 valence electrons. The van der Waals surface area contributed by atoms with Gasteiger partial charge in [-0.05, 0) is 36.4 Å².